The van der Waals surface area contributed by atoms with Gasteiger partial charge in [0.1, 0.15) is 0 Å². The Morgan fingerprint density at radius 2 is 2.00 bits per heavy atom. The van der Waals surface area contributed by atoms with Crippen LogP contribution in [0.15, 0.2) is 0 Å². The van der Waals surface area contributed by atoms with Crippen molar-refractivity contribution >= 4 is 10.2 Å². The van der Waals surface area contributed by atoms with Gasteiger partial charge in [-0.3, -0.25) is 0 Å². The molecule has 1 saturated heterocycles. The molecule has 5 nitrogen and oxygen atoms in total. The van der Waals surface area contributed by atoms with E-state index < -0.39 is 10.2 Å². The Hall–Kier alpha value is -0.170. The number of hydrogen-bond donors (Lipinski definition) is 1. The molecule has 1 fully saturated rings. The zero-order valence-corrected chi connectivity index (χ0v) is 10.2. The van der Waals surface area contributed by atoms with Crippen LogP contribution in [0.1, 0.15) is 25.7 Å². The van der Waals surface area contributed by atoms with E-state index in [4.69, 9.17) is 0 Å². The number of aliphatic hydroxyl groups excluding tert-OH is 1. The van der Waals surface area contributed by atoms with Gasteiger partial charge in [0.2, 0.25) is 0 Å². The van der Waals surface area contributed by atoms with E-state index >= 15 is 0 Å². The van der Waals surface area contributed by atoms with E-state index in [1.165, 1.54) is 22.7 Å². The van der Waals surface area contributed by atoms with Crippen molar-refractivity contribution < 1.29 is 13.5 Å². The van der Waals surface area contributed by atoms with Crippen LogP contribution in [0, 0.1) is 0 Å². The van der Waals surface area contributed by atoms with E-state index in [9.17, 15) is 13.5 Å². The Morgan fingerprint density at radius 3 is 2.53 bits per heavy atom. The molecule has 0 aliphatic carbocycles. The van der Waals surface area contributed by atoms with E-state index in [0.717, 1.165) is 25.7 Å². The third-order valence-corrected chi connectivity index (χ3v) is 4.79. The number of nitrogens with zero attached hydrogens (tertiary/aromatic N) is 2. The van der Waals surface area contributed by atoms with E-state index in [2.05, 4.69) is 0 Å². The summed E-state index contributed by atoms with van der Waals surface area (Å²) in [7, 11) is -0.333. The average Bonchev–Trinajstić information content (AvgIpc) is 2.41. The van der Waals surface area contributed by atoms with Gasteiger partial charge in [0.25, 0.3) is 10.2 Å². The fourth-order valence-corrected chi connectivity index (χ4v) is 3.17. The standard InChI is InChI=1S/C9H20N2O3S/c1-10(2)15(13,14)11-7-5-3-4-6-9(11)8-12/h9,12H,3-8H2,1-2H3. The summed E-state index contributed by atoms with van der Waals surface area (Å²) in [6.45, 7) is 0.429. The number of aliphatic hydroxyl groups is 1. The third-order valence-electron chi connectivity index (χ3n) is 2.79. The maximum absolute atomic E-state index is 11.9. The molecule has 1 unspecified atom stereocenters. The van der Waals surface area contributed by atoms with Gasteiger partial charge in [-0.2, -0.15) is 17.0 Å². The van der Waals surface area contributed by atoms with Gasteiger partial charge >= 0.3 is 0 Å². The first-order valence-electron chi connectivity index (χ1n) is 5.30. The van der Waals surface area contributed by atoms with Gasteiger partial charge in [0.05, 0.1) is 6.61 Å². The Labute approximate surface area is 91.9 Å². The maximum Gasteiger partial charge on any atom is 0.281 e. The molecule has 1 aliphatic heterocycles. The van der Waals surface area contributed by atoms with Crippen molar-refractivity contribution in [2.45, 2.75) is 31.7 Å². The van der Waals surface area contributed by atoms with Crippen molar-refractivity contribution in [2.75, 3.05) is 27.2 Å². The zero-order chi connectivity index (χ0) is 11.5. The minimum Gasteiger partial charge on any atom is -0.395 e. The predicted octanol–water partition coefficient (Wildman–Crippen LogP) is 0.0297. The van der Waals surface area contributed by atoms with Crippen molar-refractivity contribution in [3.05, 3.63) is 0 Å². The van der Waals surface area contributed by atoms with Gasteiger partial charge in [-0.1, -0.05) is 12.8 Å². The van der Waals surface area contributed by atoms with Crippen molar-refractivity contribution in [1.29, 1.82) is 0 Å². The molecule has 90 valence electrons. The second kappa shape index (κ2) is 5.25. The van der Waals surface area contributed by atoms with Crippen LogP contribution >= 0.6 is 0 Å². The maximum atomic E-state index is 11.9. The van der Waals surface area contributed by atoms with Crippen molar-refractivity contribution in [3.63, 3.8) is 0 Å². The summed E-state index contributed by atoms with van der Waals surface area (Å²) in [6.07, 6.45) is 3.66. The molecular formula is C9H20N2O3S. The van der Waals surface area contributed by atoms with Crippen LogP contribution in [0.3, 0.4) is 0 Å². The third kappa shape index (κ3) is 2.90. The predicted molar refractivity (Wildman–Crippen MR) is 58.7 cm³/mol. The number of hydrogen-bond acceptors (Lipinski definition) is 3. The Kier molecular flexibility index (Phi) is 4.51. The highest BCUT2D eigenvalue weighted by molar-refractivity contribution is 7.86. The molecule has 0 aromatic heterocycles. The fourth-order valence-electron chi connectivity index (χ4n) is 1.85. The molecule has 1 N–H and O–H groups in total. The summed E-state index contributed by atoms with van der Waals surface area (Å²) >= 11 is 0. The lowest BCUT2D eigenvalue weighted by atomic mass is 10.1. The zero-order valence-electron chi connectivity index (χ0n) is 9.39. The monoisotopic (exact) mass is 236 g/mol. The van der Waals surface area contributed by atoms with Gasteiger partial charge in [-0.15, -0.1) is 0 Å². The van der Waals surface area contributed by atoms with Gasteiger partial charge in [0.15, 0.2) is 0 Å². The van der Waals surface area contributed by atoms with Crippen LogP contribution in [-0.2, 0) is 10.2 Å². The van der Waals surface area contributed by atoms with Crippen molar-refractivity contribution in [2.24, 2.45) is 0 Å². The first-order valence-corrected chi connectivity index (χ1v) is 6.70. The lowest BCUT2D eigenvalue weighted by Gasteiger charge is -2.30. The van der Waals surface area contributed by atoms with Crippen LogP contribution < -0.4 is 0 Å². The molecule has 0 aromatic rings. The Bertz CT molecular complexity index is 290. The summed E-state index contributed by atoms with van der Waals surface area (Å²) < 4.78 is 26.5. The molecule has 1 atom stereocenters. The number of rotatable bonds is 3. The van der Waals surface area contributed by atoms with Crippen LogP contribution in [0.5, 0.6) is 0 Å². The molecule has 1 rings (SSSR count). The summed E-state index contributed by atoms with van der Waals surface area (Å²) in [5, 5.41) is 9.21. The first-order chi connectivity index (χ1) is 7.00. The second-order valence-electron chi connectivity index (χ2n) is 4.09. The van der Waals surface area contributed by atoms with Gasteiger partial charge in [0, 0.05) is 26.7 Å². The minimum absolute atomic E-state index is 0.0902. The van der Waals surface area contributed by atoms with E-state index in [0.29, 0.717) is 6.54 Å². The summed E-state index contributed by atoms with van der Waals surface area (Å²) in [4.78, 5) is 0. The summed E-state index contributed by atoms with van der Waals surface area (Å²) in [6, 6.07) is -0.250. The average molecular weight is 236 g/mol. The van der Waals surface area contributed by atoms with Crippen LogP contribution in [0.25, 0.3) is 0 Å². The Balaban J connectivity index is 2.88. The molecule has 6 heteroatoms. The topological polar surface area (TPSA) is 60.9 Å². The molecular weight excluding hydrogens is 216 g/mol. The van der Waals surface area contributed by atoms with E-state index in [1.807, 2.05) is 0 Å². The van der Waals surface area contributed by atoms with Gasteiger partial charge in [-0.05, 0) is 12.8 Å². The molecule has 1 heterocycles. The van der Waals surface area contributed by atoms with Crippen LogP contribution in [0.4, 0.5) is 0 Å². The molecule has 0 spiro atoms. The highest BCUT2D eigenvalue weighted by Crippen LogP contribution is 2.20. The van der Waals surface area contributed by atoms with Crippen molar-refractivity contribution in [3.8, 4) is 0 Å². The van der Waals surface area contributed by atoms with E-state index in [-0.39, 0.29) is 12.6 Å². The molecule has 0 bridgehead atoms. The molecule has 0 saturated carbocycles. The summed E-state index contributed by atoms with van der Waals surface area (Å²) in [5.74, 6) is 0. The highest BCUT2D eigenvalue weighted by Gasteiger charge is 2.31. The van der Waals surface area contributed by atoms with Gasteiger partial charge < -0.3 is 5.11 Å². The normalized spacial score (nSPS) is 25.5. The smallest absolute Gasteiger partial charge is 0.281 e. The first kappa shape index (κ1) is 12.9. The molecule has 0 aromatic carbocycles. The quantitative estimate of drug-likeness (QED) is 0.752. The second-order valence-corrected chi connectivity index (χ2v) is 6.18. The SMILES string of the molecule is CN(C)S(=O)(=O)N1CCCCCC1CO. The molecule has 0 amide bonds. The lowest BCUT2D eigenvalue weighted by molar-refractivity contribution is 0.181. The highest BCUT2D eigenvalue weighted by atomic mass is 32.2. The van der Waals surface area contributed by atoms with E-state index in [1.54, 1.807) is 0 Å². The van der Waals surface area contributed by atoms with Gasteiger partial charge in [-0.25, -0.2) is 0 Å². The minimum atomic E-state index is -3.38. The Morgan fingerprint density at radius 1 is 1.33 bits per heavy atom. The van der Waals surface area contributed by atoms with Crippen LogP contribution in [-0.4, -0.2) is 55.4 Å². The van der Waals surface area contributed by atoms with Crippen LogP contribution in [0.2, 0.25) is 0 Å². The van der Waals surface area contributed by atoms with Crippen molar-refractivity contribution in [1.82, 2.24) is 8.61 Å². The molecule has 0 radical (unpaired) electrons. The molecule has 1 aliphatic rings. The lowest BCUT2D eigenvalue weighted by Crippen LogP contribution is -2.47. The fraction of sp³-hybridized carbons (Fsp3) is 1.00. The summed E-state index contributed by atoms with van der Waals surface area (Å²) in [5.41, 5.74) is 0. The largest absolute Gasteiger partial charge is 0.395 e. The molecule has 15 heavy (non-hydrogen) atoms.